The molecule has 3 aromatic rings. The number of pyridine rings is 1. The van der Waals surface area contributed by atoms with E-state index in [0.29, 0.717) is 5.82 Å². The number of methoxy groups -OCH3 is 1. The summed E-state index contributed by atoms with van der Waals surface area (Å²) in [5, 5.41) is 1.08. The molecule has 2 heterocycles. The number of hydrogen-bond donors (Lipinski definition) is 1. The quantitative estimate of drug-likeness (QED) is 0.764. The fraction of sp³-hybridized carbons (Fsp3) is 0.133. The number of nitrogens with zero attached hydrogens (tertiary/aromatic N) is 2. The smallest absolute Gasteiger partial charge is 0.128 e. The third kappa shape index (κ3) is 1.81. The zero-order chi connectivity index (χ0) is 13.4. The van der Waals surface area contributed by atoms with Crippen LogP contribution in [-0.2, 0) is 7.05 Å². The Morgan fingerprint density at radius 1 is 1.21 bits per heavy atom. The van der Waals surface area contributed by atoms with Gasteiger partial charge in [-0.3, -0.25) is 0 Å². The summed E-state index contributed by atoms with van der Waals surface area (Å²) in [5.41, 5.74) is 8.92. The van der Waals surface area contributed by atoms with E-state index in [1.165, 1.54) is 0 Å². The van der Waals surface area contributed by atoms with Crippen LogP contribution in [0.25, 0.3) is 22.2 Å². The minimum atomic E-state index is 0.532. The molecule has 0 atom stereocenters. The van der Waals surface area contributed by atoms with Gasteiger partial charge in [0.25, 0.3) is 0 Å². The molecule has 4 nitrogen and oxygen atoms in total. The monoisotopic (exact) mass is 253 g/mol. The molecule has 0 aliphatic heterocycles. The number of hydrogen-bond acceptors (Lipinski definition) is 3. The third-order valence-electron chi connectivity index (χ3n) is 3.33. The van der Waals surface area contributed by atoms with Crippen molar-refractivity contribution in [1.29, 1.82) is 0 Å². The first-order valence-electron chi connectivity index (χ1n) is 6.05. The molecule has 4 heteroatoms. The van der Waals surface area contributed by atoms with Gasteiger partial charge in [0.05, 0.1) is 24.5 Å². The van der Waals surface area contributed by atoms with E-state index in [2.05, 4.69) is 15.6 Å². The maximum Gasteiger partial charge on any atom is 0.128 e. The molecule has 0 unspecified atom stereocenters. The van der Waals surface area contributed by atoms with Crippen LogP contribution in [0.3, 0.4) is 0 Å². The SMILES string of the molecule is COc1ccccc1-c1cc2cc(N)ncc2n1C. The van der Waals surface area contributed by atoms with Crippen molar-refractivity contribution in [2.24, 2.45) is 7.05 Å². The highest BCUT2D eigenvalue weighted by Gasteiger charge is 2.12. The first-order chi connectivity index (χ1) is 9.20. The van der Waals surface area contributed by atoms with E-state index in [-0.39, 0.29) is 0 Å². The summed E-state index contributed by atoms with van der Waals surface area (Å²) in [6.45, 7) is 0. The predicted octanol–water partition coefficient (Wildman–Crippen LogP) is 2.83. The Morgan fingerprint density at radius 2 is 2.00 bits per heavy atom. The van der Waals surface area contributed by atoms with Gasteiger partial charge in [-0.05, 0) is 24.3 Å². The average molecular weight is 253 g/mol. The van der Waals surface area contributed by atoms with E-state index in [1.54, 1.807) is 13.3 Å². The molecule has 1 aromatic carbocycles. The van der Waals surface area contributed by atoms with Crippen LogP contribution < -0.4 is 10.5 Å². The highest BCUT2D eigenvalue weighted by atomic mass is 16.5. The van der Waals surface area contributed by atoms with Crippen LogP contribution in [0.2, 0.25) is 0 Å². The molecule has 0 bridgehead atoms. The Hall–Kier alpha value is -2.49. The lowest BCUT2D eigenvalue weighted by atomic mass is 10.1. The highest BCUT2D eigenvalue weighted by molar-refractivity contribution is 5.88. The van der Waals surface area contributed by atoms with Gasteiger partial charge in [-0.15, -0.1) is 0 Å². The largest absolute Gasteiger partial charge is 0.496 e. The fourth-order valence-corrected chi connectivity index (χ4v) is 2.37. The molecular weight excluding hydrogens is 238 g/mol. The fourth-order valence-electron chi connectivity index (χ4n) is 2.37. The molecule has 0 amide bonds. The lowest BCUT2D eigenvalue weighted by Gasteiger charge is -2.09. The summed E-state index contributed by atoms with van der Waals surface area (Å²) in [6, 6.07) is 12.0. The van der Waals surface area contributed by atoms with Gasteiger partial charge < -0.3 is 15.0 Å². The van der Waals surface area contributed by atoms with Gasteiger partial charge in [0.1, 0.15) is 11.6 Å². The second-order valence-corrected chi connectivity index (χ2v) is 4.46. The zero-order valence-corrected chi connectivity index (χ0v) is 10.9. The maximum absolute atomic E-state index is 5.73. The zero-order valence-electron chi connectivity index (χ0n) is 10.9. The van der Waals surface area contributed by atoms with Crippen LogP contribution in [0.4, 0.5) is 5.82 Å². The van der Waals surface area contributed by atoms with E-state index in [9.17, 15) is 0 Å². The van der Waals surface area contributed by atoms with Crippen molar-refractivity contribution in [3.8, 4) is 17.0 Å². The Labute approximate surface area is 111 Å². The minimum Gasteiger partial charge on any atom is -0.496 e. The van der Waals surface area contributed by atoms with Crippen LogP contribution in [-0.4, -0.2) is 16.7 Å². The normalized spacial score (nSPS) is 10.8. The summed E-state index contributed by atoms with van der Waals surface area (Å²) in [6.07, 6.45) is 1.80. The van der Waals surface area contributed by atoms with Gasteiger partial charge >= 0.3 is 0 Å². The van der Waals surface area contributed by atoms with Crippen molar-refractivity contribution >= 4 is 16.7 Å². The van der Waals surface area contributed by atoms with Gasteiger partial charge in [-0.1, -0.05) is 12.1 Å². The lowest BCUT2D eigenvalue weighted by molar-refractivity contribution is 0.416. The van der Waals surface area contributed by atoms with Crippen LogP contribution >= 0.6 is 0 Å². The molecule has 0 radical (unpaired) electrons. The van der Waals surface area contributed by atoms with E-state index in [4.69, 9.17) is 10.5 Å². The van der Waals surface area contributed by atoms with Gasteiger partial charge in [-0.2, -0.15) is 0 Å². The van der Waals surface area contributed by atoms with Crippen molar-refractivity contribution < 1.29 is 4.74 Å². The summed E-state index contributed by atoms with van der Waals surface area (Å²) in [7, 11) is 3.70. The summed E-state index contributed by atoms with van der Waals surface area (Å²) < 4.78 is 7.52. The van der Waals surface area contributed by atoms with Crippen molar-refractivity contribution in [3.05, 3.63) is 42.6 Å². The van der Waals surface area contributed by atoms with Crippen LogP contribution in [0, 0.1) is 0 Å². The first kappa shape index (κ1) is 11.6. The van der Waals surface area contributed by atoms with Gasteiger partial charge in [-0.25, -0.2) is 4.98 Å². The van der Waals surface area contributed by atoms with Crippen molar-refractivity contribution in [1.82, 2.24) is 9.55 Å². The molecule has 0 fully saturated rings. The van der Waals surface area contributed by atoms with Crippen molar-refractivity contribution in [2.75, 3.05) is 12.8 Å². The third-order valence-corrected chi connectivity index (χ3v) is 3.33. The maximum atomic E-state index is 5.73. The standard InChI is InChI=1S/C15H15N3O/c1-18-12(11-5-3-4-6-14(11)19-2)7-10-8-15(16)17-9-13(10)18/h3-9H,1-2H3,(H2,16,17). The molecule has 0 spiro atoms. The predicted molar refractivity (Wildman–Crippen MR) is 77.1 cm³/mol. The van der Waals surface area contributed by atoms with E-state index < -0.39 is 0 Å². The van der Waals surface area contributed by atoms with Crippen LogP contribution in [0.1, 0.15) is 0 Å². The topological polar surface area (TPSA) is 53.1 Å². The molecule has 96 valence electrons. The number of rotatable bonds is 2. The number of fused-ring (bicyclic) bond motifs is 1. The Kier molecular flexibility index (Phi) is 2.63. The number of anilines is 1. The summed E-state index contributed by atoms with van der Waals surface area (Å²) >= 11 is 0. The number of nitrogens with two attached hydrogens (primary N) is 1. The molecule has 0 saturated heterocycles. The van der Waals surface area contributed by atoms with E-state index in [1.807, 2.05) is 37.4 Å². The minimum absolute atomic E-state index is 0.532. The molecule has 2 N–H and O–H groups in total. The number of benzene rings is 1. The number of aromatic nitrogens is 2. The molecule has 0 saturated carbocycles. The number of para-hydroxylation sites is 1. The Balaban J connectivity index is 2.28. The van der Waals surface area contributed by atoms with Gasteiger partial charge in [0.15, 0.2) is 0 Å². The number of aryl methyl sites for hydroxylation is 1. The van der Waals surface area contributed by atoms with Gasteiger partial charge in [0.2, 0.25) is 0 Å². The first-order valence-corrected chi connectivity index (χ1v) is 6.05. The van der Waals surface area contributed by atoms with Crippen LogP contribution in [0.5, 0.6) is 5.75 Å². The number of ether oxygens (including phenoxy) is 1. The molecular formula is C15H15N3O. The van der Waals surface area contributed by atoms with Crippen LogP contribution in [0.15, 0.2) is 42.6 Å². The Bertz CT molecular complexity index is 746. The molecule has 0 aliphatic rings. The molecule has 19 heavy (non-hydrogen) atoms. The summed E-state index contributed by atoms with van der Waals surface area (Å²) in [5.74, 6) is 1.39. The van der Waals surface area contributed by atoms with E-state index in [0.717, 1.165) is 27.9 Å². The summed E-state index contributed by atoms with van der Waals surface area (Å²) in [4.78, 5) is 4.14. The van der Waals surface area contributed by atoms with Gasteiger partial charge in [0, 0.05) is 18.0 Å². The molecule has 0 aliphatic carbocycles. The second-order valence-electron chi connectivity index (χ2n) is 4.46. The van der Waals surface area contributed by atoms with Crippen molar-refractivity contribution in [2.45, 2.75) is 0 Å². The van der Waals surface area contributed by atoms with E-state index >= 15 is 0 Å². The second kappa shape index (κ2) is 4.31. The highest BCUT2D eigenvalue weighted by Crippen LogP contribution is 2.33. The molecule has 3 rings (SSSR count). The molecule has 2 aromatic heterocycles. The van der Waals surface area contributed by atoms with Crippen molar-refractivity contribution in [3.63, 3.8) is 0 Å². The number of nitrogen functional groups attached to an aromatic ring is 1. The average Bonchev–Trinajstić information content (AvgIpc) is 2.75. The Morgan fingerprint density at radius 3 is 2.79 bits per heavy atom. The lowest BCUT2D eigenvalue weighted by Crippen LogP contribution is -1.95.